The van der Waals surface area contributed by atoms with Crippen molar-refractivity contribution in [1.82, 2.24) is 9.80 Å². The van der Waals surface area contributed by atoms with Gasteiger partial charge in [-0.05, 0) is 37.7 Å². The van der Waals surface area contributed by atoms with Crippen molar-refractivity contribution in [3.8, 4) is 0 Å². The van der Waals surface area contributed by atoms with Crippen LogP contribution >= 0.6 is 0 Å². The van der Waals surface area contributed by atoms with E-state index in [1.807, 2.05) is 24.3 Å². The summed E-state index contributed by atoms with van der Waals surface area (Å²) in [6.45, 7) is 8.56. The zero-order valence-electron chi connectivity index (χ0n) is 16.3. The molecule has 0 spiro atoms. The van der Waals surface area contributed by atoms with E-state index in [1.165, 1.54) is 12.6 Å². The van der Waals surface area contributed by atoms with Gasteiger partial charge in [0.15, 0.2) is 0 Å². The van der Waals surface area contributed by atoms with Gasteiger partial charge in [-0.3, -0.25) is 9.59 Å². The molecule has 0 atom stereocenters. The van der Waals surface area contributed by atoms with Gasteiger partial charge in [-0.25, -0.2) is 0 Å². The summed E-state index contributed by atoms with van der Waals surface area (Å²) in [5.41, 5.74) is 1.95. The van der Waals surface area contributed by atoms with E-state index < -0.39 is 0 Å². The van der Waals surface area contributed by atoms with Gasteiger partial charge in [-0.15, -0.1) is 0 Å². The molecule has 6 heteroatoms. The van der Waals surface area contributed by atoms with Gasteiger partial charge in [-0.2, -0.15) is 0 Å². The lowest BCUT2D eigenvalue weighted by Gasteiger charge is -2.34. The van der Waals surface area contributed by atoms with Crippen molar-refractivity contribution in [2.75, 3.05) is 56.5 Å². The Morgan fingerprint density at radius 3 is 2.31 bits per heavy atom. The van der Waals surface area contributed by atoms with Gasteiger partial charge in [-0.1, -0.05) is 19.8 Å². The average Bonchev–Trinajstić information content (AvgIpc) is 2.62. The van der Waals surface area contributed by atoms with E-state index in [9.17, 15) is 9.59 Å². The van der Waals surface area contributed by atoms with Crippen molar-refractivity contribution in [2.45, 2.75) is 33.1 Å². The number of nitrogens with zero attached hydrogens (tertiary/aromatic N) is 3. The molecule has 6 nitrogen and oxygen atoms in total. The Kier molecular flexibility index (Phi) is 7.91. The number of likely N-dealkylation sites (N-methyl/N-ethyl adjacent to an activating group) is 1. The van der Waals surface area contributed by atoms with Crippen LogP contribution in [0.5, 0.6) is 0 Å². The molecule has 144 valence electrons. The summed E-state index contributed by atoms with van der Waals surface area (Å²) >= 11 is 0. The molecule has 1 N–H and O–H groups in total. The highest BCUT2D eigenvalue weighted by atomic mass is 16.2. The minimum Gasteiger partial charge on any atom is -0.369 e. The Bertz CT molecular complexity index is 580. The predicted octanol–water partition coefficient (Wildman–Crippen LogP) is 2.42. The van der Waals surface area contributed by atoms with E-state index in [0.29, 0.717) is 6.54 Å². The van der Waals surface area contributed by atoms with Crippen LogP contribution in [0.15, 0.2) is 24.3 Å². The van der Waals surface area contributed by atoms with Crippen molar-refractivity contribution in [3.63, 3.8) is 0 Å². The molecule has 1 aliphatic heterocycles. The molecular weight excluding hydrogens is 328 g/mol. The molecule has 1 aromatic rings. The molecule has 0 bridgehead atoms. The van der Waals surface area contributed by atoms with Crippen LogP contribution in [0.1, 0.15) is 33.1 Å². The number of amides is 2. The number of benzene rings is 1. The van der Waals surface area contributed by atoms with Crippen LogP contribution in [0, 0.1) is 0 Å². The standard InChI is InChI=1S/C20H32N4O2/c1-4-5-6-11-24(17(2)25)16-20(26)21-18-7-9-19(10-8-18)23-14-12-22(3)13-15-23/h7-10H,4-6,11-16H2,1-3H3,(H,21,26). The minimum atomic E-state index is -0.149. The normalized spacial score (nSPS) is 15.0. The second-order valence-corrected chi connectivity index (χ2v) is 7.03. The van der Waals surface area contributed by atoms with Gasteiger partial charge in [0.05, 0.1) is 6.54 Å². The lowest BCUT2D eigenvalue weighted by Crippen LogP contribution is -2.44. The maximum Gasteiger partial charge on any atom is 0.243 e. The first-order valence-corrected chi connectivity index (χ1v) is 9.58. The average molecular weight is 361 g/mol. The second-order valence-electron chi connectivity index (χ2n) is 7.03. The molecule has 1 fully saturated rings. The number of nitrogens with one attached hydrogen (secondary N) is 1. The quantitative estimate of drug-likeness (QED) is 0.724. The largest absolute Gasteiger partial charge is 0.369 e. The van der Waals surface area contributed by atoms with Crippen LogP contribution in [0.4, 0.5) is 11.4 Å². The van der Waals surface area contributed by atoms with Crippen LogP contribution < -0.4 is 10.2 Å². The van der Waals surface area contributed by atoms with Crippen LogP contribution in [-0.2, 0) is 9.59 Å². The Labute approximate surface area is 157 Å². The smallest absolute Gasteiger partial charge is 0.243 e. The fourth-order valence-electron chi connectivity index (χ4n) is 3.09. The molecule has 1 heterocycles. The first-order valence-electron chi connectivity index (χ1n) is 9.58. The zero-order chi connectivity index (χ0) is 18.9. The number of rotatable bonds is 8. The van der Waals surface area contributed by atoms with Crippen LogP contribution in [0.25, 0.3) is 0 Å². The molecular formula is C20H32N4O2. The van der Waals surface area contributed by atoms with Crippen molar-refractivity contribution in [3.05, 3.63) is 24.3 Å². The summed E-state index contributed by atoms with van der Waals surface area (Å²) in [6, 6.07) is 7.96. The highest BCUT2D eigenvalue weighted by Crippen LogP contribution is 2.19. The topological polar surface area (TPSA) is 55.9 Å². The van der Waals surface area contributed by atoms with Gasteiger partial charge in [0, 0.05) is 51.0 Å². The third kappa shape index (κ3) is 6.33. The molecule has 1 aliphatic rings. The predicted molar refractivity (Wildman–Crippen MR) is 107 cm³/mol. The van der Waals surface area contributed by atoms with Gasteiger partial charge < -0.3 is 20.0 Å². The SMILES string of the molecule is CCCCCN(CC(=O)Nc1ccc(N2CCN(C)CC2)cc1)C(C)=O. The summed E-state index contributed by atoms with van der Waals surface area (Å²) < 4.78 is 0. The van der Waals surface area contributed by atoms with Crippen molar-refractivity contribution >= 4 is 23.2 Å². The molecule has 0 radical (unpaired) electrons. The second kappa shape index (κ2) is 10.2. The third-order valence-electron chi connectivity index (χ3n) is 4.83. The lowest BCUT2D eigenvalue weighted by molar-refractivity contribution is -0.132. The van der Waals surface area contributed by atoms with Gasteiger partial charge in [0.2, 0.25) is 11.8 Å². The van der Waals surface area contributed by atoms with E-state index in [1.54, 1.807) is 4.90 Å². The Balaban J connectivity index is 1.85. The summed E-state index contributed by atoms with van der Waals surface area (Å²) in [7, 11) is 2.14. The van der Waals surface area contributed by atoms with Gasteiger partial charge >= 0.3 is 0 Å². The molecule has 2 amide bonds. The molecule has 26 heavy (non-hydrogen) atoms. The summed E-state index contributed by atoms with van der Waals surface area (Å²) in [5, 5.41) is 2.90. The molecule has 1 saturated heterocycles. The molecule has 0 unspecified atom stereocenters. The van der Waals surface area contributed by atoms with E-state index in [4.69, 9.17) is 0 Å². The third-order valence-corrected chi connectivity index (χ3v) is 4.83. The lowest BCUT2D eigenvalue weighted by atomic mass is 10.2. The molecule has 1 aromatic carbocycles. The fourth-order valence-corrected chi connectivity index (χ4v) is 3.09. The van der Waals surface area contributed by atoms with Crippen LogP contribution in [0.2, 0.25) is 0 Å². The Morgan fingerprint density at radius 1 is 1.08 bits per heavy atom. The van der Waals surface area contributed by atoms with Crippen LogP contribution in [-0.4, -0.2) is 67.9 Å². The Hall–Kier alpha value is -2.08. The maximum atomic E-state index is 12.3. The van der Waals surface area contributed by atoms with Crippen LogP contribution in [0.3, 0.4) is 0 Å². The summed E-state index contributed by atoms with van der Waals surface area (Å²) in [6.07, 6.45) is 3.10. The summed E-state index contributed by atoms with van der Waals surface area (Å²) in [5.74, 6) is -0.203. The first-order chi connectivity index (χ1) is 12.5. The number of carbonyl (C=O) groups is 2. The molecule has 0 aliphatic carbocycles. The maximum absolute atomic E-state index is 12.3. The first kappa shape index (κ1) is 20.2. The van der Waals surface area contributed by atoms with E-state index in [-0.39, 0.29) is 18.4 Å². The summed E-state index contributed by atoms with van der Waals surface area (Å²) in [4.78, 5) is 30.3. The highest BCUT2D eigenvalue weighted by molar-refractivity contribution is 5.94. The Morgan fingerprint density at radius 2 is 1.73 bits per heavy atom. The minimum absolute atomic E-state index is 0.0540. The number of anilines is 2. The van der Waals surface area contributed by atoms with Crippen molar-refractivity contribution < 1.29 is 9.59 Å². The molecule has 2 rings (SSSR count). The number of piperazine rings is 1. The number of carbonyl (C=O) groups excluding carboxylic acids is 2. The molecule has 0 aromatic heterocycles. The number of hydrogen-bond donors (Lipinski definition) is 1. The van der Waals surface area contributed by atoms with E-state index in [2.05, 4.69) is 29.1 Å². The number of hydrogen-bond acceptors (Lipinski definition) is 4. The van der Waals surface area contributed by atoms with E-state index in [0.717, 1.165) is 51.1 Å². The monoisotopic (exact) mass is 360 g/mol. The number of unbranched alkanes of at least 4 members (excludes halogenated alkanes) is 2. The zero-order valence-corrected chi connectivity index (χ0v) is 16.3. The van der Waals surface area contributed by atoms with Crippen molar-refractivity contribution in [2.24, 2.45) is 0 Å². The highest BCUT2D eigenvalue weighted by Gasteiger charge is 2.15. The molecule has 0 saturated carbocycles. The fraction of sp³-hybridized carbons (Fsp3) is 0.600. The van der Waals surface area contributed by atoms with Crippen molar-refractivity contribution in [1.29, 1.82) is 0 Å². The van der Waals surface area contributed by atoms with Gasteiger partial charge in [0.25, 0.3) is 0 Å². The van der Waals surface area contributed by atoms with Gasteiger partial charge in [0.1, 0.15) is 0 Å². The van der Waals surface area contributed by atoms with E-state index >= 15 is 0 Å².